The zero-order chi connectivity index (χ0) is 22.3. The third-order valence-electron chi connectivity index (χ3n) is 4.46. The largest absolute Gasteiger partial charge is 0.465 e. The fourth-order valence-electron chi connectivity index (χ4n) is 2.77. The first-order chi connectivity index (χ1) is 15.6. The van der Waals surface area contributed by atoms with Crippen molar-refractivity contribution in [1.29, 1.82) is 0 Å². The summed E-state index contributed by atoms with van der Waals surface area (Å²) in [5.41, 5.74) is 2.59. The summed E-state index contributed by atoms with van der Waals surface area (Å²) in [6.45, 7) is 2.19. The maximum Gasteiger partial charge on any atom is 0.316 e. The lowest BCUT2D eigenvalue weighted by Gasteiger charge is -2.08. The van der Waals surface area contributed by atoms with Crippen molar-refractivity contribution in [2.75, 3.05) is 12.4 Å². The highest BCUT2D eigenvalue weighted by Gasteiger charge is 2.13. The Hall–Kier alpha value is -3.24. The number of rotatable bonds is 9. The number of halogens is 1. The molecule has 3 heterocycles. The normalized spacial score (nSPS) is 10.9. The smallest absolute Gasteiger partial charge is 0.316 e. The van der Waals surface area contributed by atoms with E-state index in [1.807, 2.05) is 31.2 Å². The zero-order valence-electron chi connectivity index (χ0n) is 17.1. The van der Waals surface area contributed by atoms with E-state index in [9.17, 15) is 4.79 Å². The number of aromatic nitrogens is 6. The summed E-state index contributed by atoms with van der Waals surface area (Å²) >= 11 is 7.45. The summed E-state index contributed by atoms with van der Waals surface area (Å²) in [4.78, 5) is 20.5. The Kier molecular flexibility index (Phi) is 7.13. The molecular weight excluding hydrogens is 452 g/mol. The number of pyridine rings is 1. The molecule has 0 N–H and O–H groups in total. The molecule has 9 nitrogen and oxygen atoms in total. The van der Waals surface area contributed by atoms with Gasteiger partial charge in [-0.15, -0.1) is 10.2 Å². The van der Waals surface area contributed by atoms with Crippen LogP contribution in [0.5, 0.6) is 0 Å². The van der Waals surface area contributed by atoms with Gasteiger partial charge in [-0.05, 0) is 43.2 Å². The fourth-order valence-corrected chi connectivity index (χ4v) is 3.68. The van der Waals surface area contributed by atoms with Crippen LogP contribution in [-0.4, -0.2) is 48.2 Å². The summed E-state index contributed by atoms with van der Waals surface area (Å²) in [6.07, 6.45) is 6.01. The van der Waals surface area contributed by atoms with Gasteiger partial charge >= 0.3 is 5.97 Å². The molecule has 4 rings (SSSR count). The fraction of sp³-hybridized carbons (Fsp3) is 0.238. The van der Waals surface area contributed by atoms with Crippen molar-refractivity contribution in [2.24, 2.45) is 0 Å². The van der Waals surface area contributed by atoms with E-state index < -0.39 is 0 Å². The molecule has 1 aromatic carbocycles. The summed E-state index contributed by atoms with van der Waals surface area (Å²) in [6, 6.07) is 9.34. The van der Waals surface area contributed by atoms with Crippen LogP contribution < -0.4 is 0 Å². The summed E-state index contributed by atoms with van der Waals surface area (Å²) < 4.78 is 12.3. The van der Waals surface area contributed by atoms with E-state index >= 15 is 0 Å². The Morgan fingerprint density at radius 2 is 2.22 bits per heavy atom. The SMILES string of the molecule is Cc1ccc(-n2cnnc2SCC(=O)OCCCc2nc(-c3cccnc3)no2)cc1Cl. The topological polar surface area (TPSA) is 109 Å². The molecule has 32 heavy (non-hydrogen) atoms. The first kappa shape index (κ1) is 22.0. The van der Waals surface area contributed by atoms with Gasteiger partial charge < -0.3 is 9.26 Å². The number of carbonyl (C=O) groups excluding carboxylic acids is 1. The minimum atomic E-state index is -0.340. The number of carbonyl (C=O) groups is 1. The Bertz CT molecular complexity index is 1200. The first-order valence-corrected chi connectivity index (χ1v) is 11.1. The summed E-state index contributed by atoms with van der Waals surface area (Å²) in [5, 5.41) is 13.2. The number of esters is 1. The average molecular weight is 471 g/mol. The monoisotopic (exact) mass is 470 g/mol. The number of benzene rings is 1. The number of thioether (sulfide) groups is 1. The van der Waals surface area contributed by atoms with Crippen LogP contribution in [0, 0.1) is 6.92 Å². The van der Waals surface area contributed by atoms with Crippen molar-refractivity contribution in [3.05, 3.63) is 65.5 Å². The van der Waals surface area contributed by atoms with Crippen LogP contribution in [0.25, 0.3) is 17.1 Å². The van der Waals surface area contributed by atoms with Gasteiger partial charge in [0.25, 0.3) is 0 Å². The summed E-state index contributed by atoms with van der Waals surface area (Å²) in [5.74, 6) is 0.747. The Labute approximate surface area is 193 Å². The molecule has 0 aliphatic heterocycles. The van der Waals surface area contributed by atoms with Gasteiger partial charge in [-0.2, -0.15) is 4.98 Å². The molecule has 11 heteroatoms. The molecule has 0 amide bonds. The second kappa shape index (κ2) is 10.4. The van der Waals surface area contributed by atoms with Gasteiger partial charge in [-0.25, -0.2) is 0 Å². The molecule has 0 fully saturated rings. The highest BCUT2D eigenvalue weighted by atomic mass is 35.5. The van der Waals surface area contributed by atoms with Crippen LogP contribution >= 0.6 is 23.4 Å². The van der Waals surface area contributed by atoms with Crippen molar-refractivity contribution in [3.63, 3.8) is 0 Å². The second-order valence-corrected chi connectivity index (χ2v) is 8.13. The lowest BCUT2D eigenvalue weighted by molar-refractivity contribution is -0.140. The van der Waals surface area contributed by atoms with E-state index in [0.717, 1.165) is 16.8 Å². The van der Waals surface area contributed by atoms with Gasteiger partial charge in [0, 0.05) is 29.4 Å². The van der Waals surface area contributed by atoms with E-state index in [4.69, 9.17) is 20.9 Å². The third-order valence-corrected chi connectivity index (χ3v) is 5.78. The standard InChI is InChI=1S/C21H19ClN6O3S/c1-14-6-7-16(10-17(14)22)28-13-24-26-21(28)32-12-19(29)30-9-3-5-18-25-20(27-31-18)15-4-2-8-23-11-15/h2,4,6-8,10-11,13H,3,5,9,12H2,1H3. The predicted molar refractivity (Wildman–Crippen MR) is 119 cm³/mol. The van der Waals surface area contributed by atoms with Crippen LogP contribution in [0.1, 0.15) is 17.9 Å². The molecule has 0 saturated carbocycles. The molecule has 4 aromatic rings. The predicted octanol–water partition coefficient (Wildman–Crippen LogP) is 3.94. The van der Waals surface area contributed by atoms with Crippen molar-refractivity contribution >= 4 is 29.3 Å². The van der Waals surface area contributed by atoms with Crippen molar-refractivity contribution < 1.29 is 14.1 Å². The van der Waals surface area contributed by atoms with E-state index in [1.54, 1.807) is 29.4 Å². The number of nitrogens with zero attached hydrogens (tertiary/aromatic N) is 6. The molecule has 0 saturated heterocycles. The number of hydrogen-bond donors (Lipinski definition) is 0. The van der Waals surface area contributed by atoms with Crippen LogP contribution in [0.15, 0.2) is 58.7 Å². The molecule has 0 radical (unpaired) electrons. The Morgan fingerprint density at radius 3 is 3.03 bits per heavy atom. The van der Waals surface area contributed by atoms with Crippen molar-refractivity contribution in [2.45, 2.75) is 24.9 Å². The van der Waals surface area contributed by atoms with Gasteiger partial charge in [-0.1, -0.05) is 34.6 Å². The molecule has 0 bridgehead atoms. The van der Waals surface area contributed by atoms with Gasteiger partial charge in [0.05, 0.1) is 18.0 Å². The van der Waals surface area contributed by atoms with Gasteiger partial charge in [0.2, 0.25) is 11.7 Å². The quantitative estimate of drug-likeness (QED) is 0.204. The van der Waals surface area contributed by atoms with Crippen LogP contribution in [0.4, 0.5) is 0 Å². The maximum absolute atomic E-state index is 12.1. The zero-order valence-corrected chi connectivity index (χ0v) is 18.7. The number of aryl methyl sites for hydroxylation is 2. The number of ether oxygens (including phenoxy) is 1. The van der Waals surface area contributed by atoms with Crippen LogP contribution in [0.2, 0.25) is 5.02 Å². The van der Waals surface area contributed by atoms with E-state index in [0.29, 0.717) is 34.7 Å². The van der Waals surface area contributed by atoms with Gasteiger partial charge in [0.15, 0.2) is 5.16 Å². The van der Waals surface area contributed by atoms with Crippen molar-refractivity contribution in [1.82, 2.24) is 29.9 Å². The van der Waals surface area contributed by atoms with E-state index in [1.165, 1.54) is 11.8 Å². The Balaban J connectivity index is 1.22. The minimum absolute atomic E-state index is 0.115. The van der Waals surface area contributed by atoms with E-state index in [-0.39, 0.29) is 18.3 Å². The first-order valence-electron chi connectivity index (χ1n) is 9.78. The lowest BCUT2D eigenvalue weighted by Crippen LogP contribution is -2.10. The minimum Gasteiger partial charge on any atom is -0.465 e. The molecule has 0 unspecified atom stereocenters. The van der Waals surface area contributed by atoms with E-state index in [2.05, 4.69) is 25.3 Å². The van der Waals surface area contributed by atoms with Gasteiger partial charge in [-0.3, -0.25) is 14.3 Å². The third kappa shape index (κ3) is 5.51. The molecule has 0 aliphatic carbocycles. The molecular formula is C21H19ClN6O3S. The molecule has 0 atom stereocenters. The highest BCUT2D eigenvalue weighted by Crippen LogP contribution is 2.24. The average Bonchev–Trinajstić information content (AvgIpc) is 3.47. The Morgan fingerprint density at radius 1 is 1.31 bits per heavy atom. The van der Waals surface area contributed by atoms with Crippen LogP contribution in [0.3, 0.4) is 0 Å². The number of hydrogen-bond acceptors (Lipinski definition) is 9. The summed E-state index contributed by atoms with van der Waals surface area (Å²) in [7, 11) is 0. The highest BCUT2D eigenvalue weighted by molar-refractivity contribution is 7.99. The molecule has 0 aliphatic rings. The lowest BCUT2D eigenvalue weighted by atomic mass is 10.2. The van der Waals surface area contributed by atoms with Crippen LogP contribution in [-0.2, 0) is 16.0 Å². The molecule has 3 aromatic heterocycles. The maximum atomic E-state index is 12.1. The van der Waals surface area contributed by atoms with Crippen molar-refractivity contribution in [3.8, 4) is 17.1 Å². The molecule has 164 valence electrons. The molecule has 0 spiro atoms. The van der Waals surface area contributed by atoms with Gasteiger partial charge in [0.1, 0.15) is 6.33 Å². The second-order valence-electron chi connectivity index (χ2n) is 6.78.